The fourth-order valence-electron chi connectivity index (χ4n) is 2.24. The van der Waals surface area contributed by atoms with Gasteiger partial charge in [-0.3, -0.25) is 4.79 Å². The van der Waals surface area contributed by atoms with Crippen LogP contribution in [0.4, 0.5) is 4.39 Å². The van der Waals surface area contributed by atoms with E-state index >= 15 is 0 Å². The summed E-state index contributed by atoms with van der Waals surface area (Å²) in [6.45, 7) is 0.663. The molecule has 1 amide bonds. The maximum Gasteiger partial charge on any atom is 0.226 e. The molecule has 0 aliphatic rings. The average molecular weight is 387 g/mol. The van der Waals surface area contributed by atoms with Crippen molar-refractivity contribution in [3.8, 4) is 11.6 Å². The Kier molecular flexibility index (Phi) is 6.32. The van der Waals surface area contributed by atoms with Crippen LogP contribution in [-0.2, 0) is 24.4 Å². The second kappa shape index (κ2) is 9.09. The van der Waals surface area contributed by atoms with E-state index in [9.17, 15) is 9.18 Å². The first kappa shape index (κ1) is 18.8. The second-order valence-electron chi connectivity index (χ2n) is 5.64. The number of nitrogens with one attached hydrogen (secondary N) is 1. The predicted molar refractivity (Wildman–Crippen MR) is 99.2 cm³/mol. The van der Waals surface area contributed by atoms with Gasteiger partial charge in [0.25, 0.3) is 0 Å². The Morgan fingerprint density at radius 1 is 1.22 bits per heavy atom. The highest BCUT2D eigenvalue weighted by atomic mass is 32.1. The zero-order chi connectivity index (χ0) is 19.1. The lowest BCUT2D eigenvalue weighted by atomic mass is 10.2. The first-order chi connectivity index (χ1) is 13.1. The molecule has 8 heteroatoms. The van der Waals surface area contributed by atoms with Crippen molar-refractivity contribution in [2.45, 2.75) is 19.6 Å². The number of amides is 1. The quantitative estimate of drug-likeness (QED) is 0.643. The van der Waals surface area contributed by atoms with Gasteiger partial charge in [-0.15, -0.1) is 11.3 Å². The minimum Gasteiger partial charge on any atom is -0.486 e. The fraction of sp³-hybridized carbons (Fsp3) is 0.211. The molecule has 0 aliphatic carbocycles. The van der Waals surface area contributed by atoms with Gasteiger partial charge in [-0.25, -0.2) is 14.4 Å². The molecule has 0 aliphatic heterocycles. The molecule has 0 spiro atoms. The molecular weight excluding hydrogens is 369 g/mol. The van der Waals surface area contributed by atoms with Gasteiger partial charge in [0.2, 0.25) is 11.8 Å². The molecule has 3 rings (SSSR count). The number of hydrogen-bond acceptors (Lipinski definition) is 6. The van der Waals surface area contributed by atoms with Gasteiger partial charge >= 0.3 is 0 Å². The number of halogens is 1. The Balaban J connectivity index is 1.44. The highest BCUT2D eigenvalue weighted by molar-refractivity contribution is 7.09. The van der Waals surface area contributed by atoms with Gasteiger partial charge in [-0.05, 0) is 29.8 Å². The number of rotatable bonds is 8. The minimum atomic E-state index is -0.310. The molecule has 0 fully saturated rings. The maximum atomic E-state index is 12.9. The van der Waals surface area contributed by atoms with E-state index in [1.165, 1.54) is 23.5 Å². The zero-order valence-corrected chi connectivity index (χ0v) is 15.5. The predicted octanol–water partition coefficient (Wildman–Crippen LogP) is 3.12. The minimum absolute atomic E-state index is 0.123. The number of pyridine rings is 1. The number of thiazole rings is 1. The van der Waals surface area contributed by atoms with Crippen LogP contribution in [0, 0.1) is 5.82 Å². The van der Waals surface area contributed by atoms with Crippen LogP contribution < -0.4 is 14.8 Å². The molecule has 2 heterocycles. The van der Waals surface area contributed by atoms with Crippen molar-refractivity contribution in [3.63, 3.8) is 0 Å². The van der Waals surface area contributed by atoms with Crippen molar-refractivity contribution >= 4 is 17.2 Å². The molecule has 3 aromatic rings. The molecule has 1 N–H and O–H groups in total. The summed E-state index contributed by atoms with van der Waals surface area (Å²) in [6.07, 6.45) is 1.85. The number of methoxy groups -OCH3 is 1. The second-order valence-corrected chi connectivity index (χ2v) is 6.58. The number of aromatic nitrogens is 2. The lowest BCUT2D eigenvalue weighted by molar-refractivity contribution is -0.120. The van der Waals surface area contributed by atoms with E-state index in [0.717, 1.165) is 10.6 Å². The van der Waals surface area contributed by atoms with E-state index in [1.54, 1.807) is 31.5 Å². The molecule has 140 valence electrons. The molecule has 1 aromatic carbocycles. The van der Waals surface area contributed by atoms with E-state index in [4.69, 9.17) is 9.47 Å². The third kappa shape index (κ3) is 5.75. The Bertz CT molecular complexity index is 882. The highest BCUT2D eigenvalue weighted by Crippen LogP contribution is 2.16. The Morgan fingerprint density at radius 2 is 2.04 bits per heavy atom. The Labute approximate surface area is 160 Å². The average Bonchev–Trinajstić information content (AvgIpc) is 3.13. The van der Waals surface area contributed by atoms with Gasteiger partial charge in [0, 0.05) is 24.2 Å². The number of nitrogens with zero attached hydrogens (tertiary/aromatic N) is 2. The summed E-state index contributed by atoms with van der Waals surface area (Å²) in [5.74, 6) is 0.666. The number of carbonyl (C=O) groups is 1. The molecule has 27 heavy (non-hydrogen) atoms. The van der Waals surface area contributed by atoms with Crippen molar-refractivity contribution in [3.05, 3.63) is 70.1 Å². The lowest BCUT2D eigenvalue weighted by Crippen LogP contribution is -2.24. The lowest BCUT2D eigenvalue weighted by Gasteiger charge is -2.05. The van der Waals surface area contributed by atoms with Crippen LogP contribution in [0.5, 0.6) is 11.6 Å². The zero-order valence-electron chi connectivity index (χ0n) is 14.6. The van der Waals surface area contributed by atoms with E-state index in [1.807, 2.05) is 11.4 Å². The largest absolute Gasteiger partial charge is 0.486 e. The van der Waals surface area contributed by atoms with E-state index in [2.05, 4.69) is 15.3 Å². The van der Waals surface area contributed by atoms with Gasteiger partial charge in [-0.1, -0.05) is 6.07 Å². The van der Waals surface area contributed by atoms with Gasteiger partial charge in [0.15, 0.2) is 0 Å². The number of ether oxygens (including phenoxy) is 2. The van der Waals surface area contributed by atoms with Gasteiger partial charge in [-0.2, -0.15) is 0 Å². The first-order valence-corrected chi connectivity index (χ1v) is 9.07. The third-order valence-electron chi connectivity index (χ3n) is 3.61. The summed E-state index contributed by atoms with van der Waals surface area (Å²) < 4.78 is 23.4. The Hall–Kier alpha value is -3.00. The molecule has 0 saturated heterocycles. The molecule has 0 radical (unpaired) electrons. The molecule has 0 saturated carbocycles. The summed E-state index contributed by atoms with van der Waals surface area (Å²) in [7, 11) is 1.55. The maximum absolute atomic E-state index is 12.9. The van der Waals surface area contributed by atoms with Crippen LogP contribution in [0.15, 0.2) is 48.0 Å². The molecule has 2 aromatic heterocycles. The van der Waals surface area contributed by atoms with Crippen molar-refractivity contribution in [2.24, 2.45) is 0 Å². The fourth-order valence-corrected chi connectivity index (χ4v) is 2.94. The van der Waals surface area contributed by atoms with Crippen LogP contribution >= 0.6 is 11.3 Å². The number of carbonyl (C=O) groups excluding carboxylic acids is 1. The van der Waals surface area contributed by atoms with Crippen molar-refractivity contribution in [1.82, 2.24) is 15.3 Å². The topological polar surface area (TPSA) is 73.3 Å². The monoisotopic (exact) mass is 387 g/mol. The van der Waals surface area contributed by atoms with E-state index in [-0.39, 0.29) is 24.8 Å². The summed E-state index contributed by atoms with van der Waals surface area (Å²) in [5, 5.41) is 5.42. The van der Waals surface area contributed by atoms with Crippen LogP contribution in [-0.4, -0.2) is 23.0 Å². The highest BCUT2D eigenvalue weighted by Gasteiger charge is 2.09. The smallest absolute Gasteiger partial charge is 0.226 e. The van der Waals surface area contributed by atoms with Crippen molar-refractivity contribution < 1.29 is 18.7 Å². The van der Waals surface area contributed by atoms with Crippen LogP contribution in [0.25, 0.3) is 0 Å². The van der Waals surface area contributed by atoms with E-state index < -0.39 is 0 Å². The van der Waals surface area contributed by atoms with Gasteiger partial charge in [0.05, 0.1) is 19.2 Å². The van der Waals surface area contributed by atoms with Crippen LogP contribution in [0.2, 0.25) is 0 Å². The molecule has 0 bridgehead atoms. The van der Waals surface area contributed by atoms with Crippen molar-refractivity contribution in [2.75, 3.05) is 7.11 Å². The molecular formula is C19H18FN3O3S. The first-order valence-electron chi connectivity index (χ1n) is 8.19. The summed E-state index contributed by atoms with van der Waals surface area (Å²) in [4.78, 5) is 20.6. The van der Waals surface area contributed by atoms with Gasteiger partial charge < -0.3 is 14.8 Å². The Morgan fingerprint density at radius 3 is 2.74 bits per heavy atom. The van der Waals surface area contributed by atoms with Crippen molar-refractivity contribution in [1.29, 1.82) is 0 Å². The van der Waals surface area contributed by atoms with Crippen LogP contribution in [0.1, 0.15) is 16.3 Å². The summed E-state index contributed by atoms with van der Waals surface area (Å²) in [6, 6.07) is 9.39. The summed E-state index contributed by atoms with van der Waals surface area (Å²) in [5.41, 5.74) is 1.57. The number of hydrogen-bond donors (Lipinski definition) is 1. The molecule has 0 unspecified atom stereocenters. The third-order valence-corrected chi connectivity index (χ3v) is 4.48. The van der Waals surface area contributed by atoms with Crippen LogP contribution in [0.3, 0.4) is 0 Å². The van der Waals surface area contributed by atoms with E-state index in [0.29, 0.717) is 23.9 Å². The van der Waals surface area contributed by atoms with Gasteiger partial charge in [0.1, 0.15) is 23.2 Å². The standard InChI is InChI=1S/C19H18FN3O3S/c1-25-18-7-2-13(10-22-18)9-21-17(24)8-15-12-27-19(23-15)11-26-16-5-3-14(20)4-6-16/h2-7,10,12H,8-9,11H2,1H3,(H,21,24). The number of benzene rings is 1. The summed E-state index contributed by atoms with van der Waals surface area (Å²) >= 11 is 1.42. The molecule has 0 atom stereocenters. The SMILES string of the molecule is COc1ccc(CNC(=O)Cc2csc(COc3ccc(F)cc3)n2)cn1. The molecule has 6 nitrogen and oxygen atoms in total. The normalized spacial score (nSPS) is 10.4.